The molecule has 0 aliphatic rings. The smallest absolute Gasteiger partial charge is 0.227 e. The van der Waals surface area contributed by atoms with Crippen LogP contribution in [0.1, 0.15) is 33.7 Å². The Morgan fingerprint density at radius 3 is 2.54 bits per heavy atom. The molecule has 0 radical (unpaired) electrons. The number of halogens is 1. The van der Waals surface area contributed by atoms with E-state index < -0.39 is 0 Å². The molecule has 1 aromatic carbocycles. The van der Waals surface area contributed by atoms with Crippen LogP contribution in [0.2, 0.25) is 5.02 Å². The number of rotatable bonds is 7. The molecule has 0 saturated heterocycles. The number of nitrogens with two attached hydrogens (primary N) is 1. The van der Waals surface area contributed by atoms with Gasteiger partial charge in [-0.3, -0.25) is 0 Å². The molecule has 0 fully saturated rings. The number of hydrogen-bond acceptors (Lipinski definition) is 7. The zero-order valence-electron chi connectivity index (χ0n) is 16.4. The lowest BCUT2D eigenvalue weighted by Gasteiger charge is -2.20. The van der Waals surface area contributed by atoms with Gasteiger partial charge in [0.1, 0.15) is 0 Å². The summed E-state index contributed by atoms with van der Waals surface area (Å²) in [6, 6.07) is 5.24. The fourth-order valence-electron chi connectivity index (χ4n) is 2.86. The predicted molar refractivity (Wildman–Crippen MR) is 114 cm³/mol. The van der Waals surface area contributed by atoms with Crippen molar-refractivity contribution in [1.29, 1.82) is 0 Å². The molecule has 0 spiro atoms. The maximum Gasteiger partial charge on any atom is 0.227 e. The van der Waals surface area contributed by atoms with Crippen LogP contribution in [-0.2, 0) is 0 Å². The number of imidazole rings is 1. The number of fused-ring (bicyclic) bond motifs is 1. The van der Waals surface area contributed by atoms with Gasteiger partial charge in [0.2, 0.25) is 5.95 Å². The summed E-state index contributed by atoms with van der Waals surface area (Å²) in [4.78, 5) is 13.7. The number of aliphatic hydroxyl groups is 1. The molecule has 0 aliphatic carbocycles. The minimum Gasteiger partial charge on any atom is -0.399 e. The number of nitrogens with zero attached hydrogens (tertiary/aromatic N) is 4. The third-order valence-corrected chi connectivity index (χ3v) is 4.69. The Morgan fingerprint density at radius 2 is 1.93 bits per heavy atom. The Bertz CT molecular complexity index is 950. The molecule has 2 aromatic heterocycles. The number of anilines is 4. The Kier molecular flexibility index (Phi) is 5.90. The first-order valence-electron chi connectivity index (χ1n) is 9.23. The van der Waals surface area contributed by atoms with Gasteiger partial charge in [0, 0.05) is 22.4 Å². The molecule has 3 aromatic rings. The number of benzene rings is 1. The molecular weight excluding hydrogens is 378 g/mol. The first-order chi connectivity index (χ1) is 13.3. The van der Waals surface area contributed by atoms with Gasteiger partial charge in [-0.05, 0) is 38.0 Å². The highest BCUT2D eigenvalue weighted by atomic mass is 35.5. The first-order valence-corrected chi connectivity index (χ1v) is 9.61. The topological polar surface area (TPSA) is 114 Å². The standard InChI is InChI=1S/C19H26ClN7O/c1-10(2)15(8-28)24-19-25-17(23-14-6-12(20)5-13(21)7-14)16-18(26-19)27(9-22-16)11(3)4/h5-7,9-11,15,28H,8,21H2,1-4H3,(H2,23,24,25,26)/t15-/m1/s1. The molecule has 0 amide bonds. The molecule has 9 heteroatoms. The summed E-state index contributed by atoms with van der Waals surface area (Å²) in [6.07, 6.45) is 1.75. The minimum atomic E-state index is -0.164. The van der Waals surface area contributed by atoms with Gasteiger partial charge in [-0.25, -0.2) is 4.98 Å². The van der Waals surface area contributed by atoms with E-state index in [2.05, 4.69) is 39.4 Å². The van der Waals surface area contributed by atoms with Crippen LogP contribution in [0.4, 0.5) is 23.1 Å². The number of nitrogens with one attached hydrogen (secondary N) is 2. The zero-order chi connectivity index (χ0) is 20.4. The third-order valence-electron chi connectivity index (χ3n) is 4.48. The van der Waals surface area contributed by atoms with E-state index in [0.717, 1.165) is 0 Å². The van der Waals surface area contributed by atoms with Crippen molar-refractivity contribution in [3.05, 3.63) is 29.5 Å². The zero-order valence-corrected chi connectivity index (χ0v) is 17.2. The molecule has 1 atom stereocenters. The quantitative estimate of drug-likeness (QED) is 0.443. The molecule has 28 heavy (non-hydrogen) atoms. The lowest BCUT2D eigenvalue weighted by Crippen LogP contribution is -2.30. The second-order valence-electron chi connectivity index (χ2n) is 7.39. The van der Waals surface area contributed by atoms with Gasteiger partial charge in [0.25, 0.3) is 0 Å². The largest absolute Gasteiger partial charge is 0.399 e. The van der Waals surface area contributed by atoms with E-state index in [1.54, 1.807) is 24.5 Å². The van der Waals surface area contributed by atoms with Crippen molar-refractivity contribution in [3.63, 3.8) is 0 Å². The molecule has 2 heterocycles. The molecular formula is C19H26ClN7O. The fourth-order valence-corrected chi connectivity index (χ4v) is 3.10. The predicted octanol–water partition coefficient (Wildman–Crippen LogP) is 3.82. The first kappa shape index (κ1) is 20.2. The fraction of sp³-hybridized carbons (Fsp3) is 0.421. The SMILES string of the molecule is CC(C)[C@@H](CO)Nc1nc(Nc2cc(N)cc(Cl)c2)c2ncn(C(C)C)c2n1. The molecule has 5 N–H and O–H groups in total. The van der Waals surface area contributed by atoms with E-state index >= 15 is 0 Å². The molecule has 0 unspecified atom stereocenters. The van der Waals surface area contributed by atoms with E-state index in [4.69, 9.17) is 17.3 Å². The molecule has 8 nitrogen and oxygen atoms in total. The van der Waals surface area contributed by atoms with Gasteiger partial charge in [-0.15, -0.1) is 0 Å². The van der Waals surface area contributed by atoms with Gasteiger partial charge in [-0.1, -0.05) is 25.4 Å². The van der Waals surface area contributed by atoms with Gasteiger partial charge >= 0.3 is 0 Å². The third kappa shape index (κ3) is 4.28. The minimum absolute atomic E-state index is 0.0178. The summed E-state index contributed by atoms with van der Waals surface area (Å²) in [6.45, 7) is 8.16. The van der Waals surface area contributed by atoms with Crippen molar-refractivity contribution in [1.82, 2.24) is 19.5 Å². The van der Waals surface area contributed by atoms with Crippen molar-refractivity contribution >= 4 is 45.9 Å². The van der Waals surface area contributed by atoms with Crippen molar-refractivity contribution in [2.24, 2.45) is 5.92 Å². The van der Waals surface area contributed by atoms with Crippen LogP contribution in [0, 0.1) is 5.92 Å². The molecule has 150 valence electrons. The maximum absolute atomic E-state index is 9.66. The van der Waals surface area contributed by atoms with Crippen molar-refractivity contribution in [2.75, 3.05) is 23.0 Å². The summed E-state index contributed by atoms with van der Waals surface area (Å²) < 4.78 is 1.98. The average Bonchev–Trinajstić information content (AvgIpc) is 3.03. The second-order valence-corrected chi connectivity index (χ2v) is 7.83. The van der Waals surface area contributed by atoms with Crippen LogP contribution in [-0.4, -0.2) is 37.3 Å². The number of hydrogen-bond donors (Lipinski definition) is 4. The number of nitrogen functional groups attached to an aromatic ring is 1. The summed E-state index contributed by atoms with van der Waals surface area (Å²) in [5.41, 5.74) is 8.49. The number of aromatic nitrogens is 4. The van der Waals surface area contributed by atoms with Crippen molar-refractivity contribution in [2.45, 2.75) is 39.8 Å². The van der Waals surface area contributed by atoms with E-state index in [9.17, 15) is 5.11 Å². The average molecular weight is 404 g/mol. The van der Waals surface area contributed by atoms with E-state index in [1.165, 1.54) is 0 Å². The Labute approximate surface area is 169 Å². The lowest BCUT2D eigenvalue weighted by molar-refractivity contribution is 0.248. The maximum atomic E-state index is 9.66. The lowest BCUT2D eigenvalue weighted by atomic mass is 10.1. The van der Waals surface area contributed by atoms with Crippen molar-refractivity contribution < 1.29 is 5.11 Å². The number of aliphatic hydroxyl groups excluding tert-OH is 1. The van der Waals surface area contributed by atoms with Crippen LogP contribution in [0.5, 0.6) is 0 Å². The van der Waals surface area contributed by atoms with Gasteiger partial charge < -0.3 is 26.0 Å². The summed E-state index contributed by atoms with van der Waals surface area (Å²) in [5, 5.41) is 16.7. The van der Waals surface area contributed by atoms with Gasteiger partial charge in [-0.2, -0.15) is 9.97 Å². The van der Waals surface area contributed by atoms with Crippen LogP contribution in [0.25, 0.3) is 11.2 Å². The monoisotopic (exact) mass is 403 g/mol. The Balaban J connectivity index is 2.08. The summed E-state index contributed by atoms with van der Waals surface area (Å²) >= 11 is 6.12. The Hall–Kier alpha value is -2.58. The van der Waals surface area contributed by atoms with E-state index in [1.807, 2.05) is 18.4 Å². The molecule has 0 aliphatic heterocycles. The highest BCUT2D eigenvalue weighted by molar-refractivity contribution is 6.31. The van der Waals surface area contributed by atoms with Gasteiger partial charge in [0.15, 0.2) is 17.0 Å². The van der Waals surface area contributed by atoms with E-state index in [-0.39, 0.29) is 24.6 Å². The van der Waals surface area contributed by atoms with E-state index in [0.29, 0.717) is 39.3 Å². The van der Waals surface area contributed by atoms with Crippen LogP contribution in [0.3, 0.4) is 0 Å². The summed E-state index contributed by atoms with van der Waals surface area (Å²) in [5.74, 6) is 1.16. The van der Waals surface area contributed by atoms with Crippen LogP contribution < -0.4 is 16.4 Å². The molecule has 0 bridgehead atoms. The summed E-state index contributed by atoms with van der Waals surface area (Å²) in [7, 11) is 0. The highest BCUT2D eigenvalue weighted by Gasteiger charge is 2.18. The molecule has 3 rings (SSSR count). The Morgan fingerprint density at radius 1 is 1.18 bits per heavy atom. The van der Waals surface area contributed by atoms with Crippen LogP contribution in [0.15, 0.2) is 24.5 Å². The van der Waals surface area contributed by atoms with Gasteiger partial charge in [0.05, 0.1) is 19.0 Å². The highest BCUT2D eigenvalue weighted by Crippen LogP contribution is 2.28. The molecule has 0 saturated carbocycles. The second kappa shape index (κ2) is 8.20. The van der Waals surface area contributed by atoms with Crippen LogP contribution >= 0.6 is 11.6 Å². The normalized spacial score (nSPS) is 12.7. The van der Waals surface area contributed by atoms with Crippen molar-refractivity contribution in [3.8, 4) is 0 Å².